The van der Waals surface area contributed by atoms with Crippen LogP contribution in [-0.2, 0) is 6.61 Å². The molecule has 0 spiro atoms. The fraction of sp³-hybridized carbons (Fsp3) is 0.176. The van der Waals surface area contributed by atoms with Gasteiger partial charge in [-0.3, -0.25) is 0 Å². The Labute approximate surface area is 155 Å². The average Bonchev–Trinajstić information content (AvgIpc) is 2.55. The molecule has 0 fully saturated rings. The first-order chi connectivity index (χ1) is 12.0. The monoisotopic (exact) mass is 381 g/mol. The molecule has 2 rings (SSSR count). The number of carbonyl (C=O) groups excluding carboxylic acids is 1. The second-order valence-corrected chi connectivity index (χ2v) is 5.74. The minimum atomic E-state index is -0.735. The quantitative estimate of drug-likeness (QED) is 0.561. The lowest BCUT2D eigenvalue weighted by Crippen LogP contribution is -2.24. The first-order valence-corrected chi connectivity index (χ1v) is 8.17. The van der Waals surface area contributed by atoms with E-state index in [-0.39, 0.29) is 6.61 Å². The highest BCUT2D eigenvalue weighted by Gasteiger charge is 2.08. The molecule has 0 atom stereocenters. The Kier molecular flexibility index (Phi) is 6.91. The molecule has 2 aromatic rings. The Bertz CT molecular complexity index is 782. The first kappa shape index (κ1) is 18.9. The molecule has 2 aromatic carbocycles. The molecule has 0 saturated heterocycles. The van der Waals surface area contributed by atoms with E-state index < -0.39 is 6.03 Å². The van der Waals surface area contributed by atoms with Crippen molar-refractivity contribution in [3.8, 4) is 11.5 Å². The van der Waals surface area contributed by atoms with Crippen LogP contribution in [0.3, 0.4) is 0 Å². The summed E-state index contributed by atoms with van der Waals surface area (Å²) in [5.41, 5.74) is 8.60. The highest BCUT2D eigenvalue weighted by atomic mass is 35.5. The Morgan fingerprint density at radius 3 is 2.68 bits per heavy atom. The van der Waals surface area contributed by atoms with Crippen LogP contribution in [-0.4, -0.2) is 18.9 Å². The summed E-state index contributed by atoms with van der Waals surface area (Å²) in [4.78, 5) is 10.6. The largest absolute Gasteiger partial charge is 0.490 e. The van der Waals surface area contributed by atoms with Gasteiger partial charge in [-0.1, -0.05) is 29.3 Å². The van der Waals surface area contributed by atoms with Crippen molar-refractivity contribution in [2.45, 2.75) is 13.5 Å². The van der Waals surface area contributed by atoms with Crippen molar-refractivity contribution in [1.82, 2.24) is 5.43 Å². The maximum absolute atomic E-state index is 10.6. The summed E-state index contributed by atoms with van der Waals surface area (Å²) < 4.78 is 11.4. The van der Waals surface area contributed by atoms with Gasteiger partial charge in [0.25, 0.3) is 0 Å². The van der Waals surface area contributed by atoms with Crippen LogP contribution in [0.2, 0.25) is 10.0 Å². The van der Waals surface area contributed by atoms with Crippen molar-refractivity contribution in [1.29, 1.82) is 0 Å². The molecular weight excluding hydrogens is 365 g/mol. The van der Waals surface area contributed by atoms with E-state index in [1.807, 2.05) is 13.0 Å². The number of hydrazone groups is 1. The van der Waals surface area contributed by atoms with Gasteiger partial charge in [0.1, 0.15) is 6.61 Å². The van der Waals surface area contributed by atoms with Crippen molar-refractivity contribution in [3.63, 3.8) is 0 Å². The third-order valence-corrected chi connectivity index (χ3v) is 3.64. The number of halogens is 2. The maximum Gasteiger partial charge on any atom is 0.332 e. The summed E-state index contributed by atoms with van der Waals surface area (Å²) in [6.45, 7) is 2.61. The summed E-state index contributed by atoms with van der Waals surface area (Å²) in [6.07, 6.45) is 1.45. The van der Waals surface area contributed by atoms with Crippen LogP contribution >= 0.6 is 23.2 Å². The molecule has 3 N–H and O–H groups in total. The highest BCUT2D eigenvalue weighted by molar-refractivity contribution is 6.35. The van der Waals surface area contributed by atoms with Crippen LogP contribution in [0.5, 0.6) is 11.5 Å². The van der Waals surface area contributed by atoms with Gasteiger partial charge in [0.05, 0.1) is 12.8 Å². The zero-order valence-corrected chi connectivity index (χ0v) is 15.0. The molecule has 0 bridgehead atoms. The summed E-state index contributed by atoms with van der Waals surface area (Å²) in [5, 5.41) is 4.81. The van der Waals surface area contributed by atoms with E-state index in [9.17, 15) is 4.79 Å². The van der Waals surface area contributed by atoms with E-state index in [1.54, 1.807) is 30.3 Å². The lowest BCUT2D eigenvalue weighted by atomic mass is 10.2. The Morgan fingerprint density at radius 2 is 2.00 bits per heavy atom. The molecule has 0 aliphatic carbocycles. The number of urea groups is 1. The predicted octanol–water partition coefficient (Wildman–Crippen LogP) is 3.97. The number of carbonyl (C=O) groups is 1. The third kappa shape index (κ3) is 5.85. The lowest BCUT2D eigenvalue weighted by Gasteiger charge is -2.13. The fourth-order valence-corrected chi connectivity index (χ4v) is 2.42. The number of rotatable bonds is 7. The lowest BCUT2D eigenvalue weighted by molar-refractivity contribution is 0.249. The second-order valence-electron chi connectivity index (χ2n) is 4.90. The molecule has 132 valence electrons. The van der Waals surface area contributed by atoms with Crippen LogP contribution in [0, 0.1) is 0 Å². The molecule has 0 heterocycles. The minimum Gasteiger partial charge on any atom is -0.490 e. The third-order valence-electron chi connectivity index (χ3n) is 3.05. The maximum atomic E-state index is 10.6. The number of ether oxygens (including phenoxy) is 2. The molecule has 0 aliphatic heterocycles. The number of nitrogens with one attached hydrogen (secondary N) is 1. The first-order valence-electron chi connectivity index (χ1n) is 7.41. The molecule has 6 nitrogen and oxygen atoms in total. The number of nitrogens with zero attached hydrogens (tertiary/aromatic N) is 1. The van der Waals surface area contributed by atoms with Gasteiger partial charge in [-0.2, -0.15) is 5.10 Å². The van der Waals surface area contributed by atoms with Gasteiger partial charge in [-0.25, -0.2) is 10.2 Å². The Hall–Kier alpha value is -2.44. The van der Waals surface area contributed by atoms with Gasteiger partial charge in [-0.15, -0.1) is 0 Å². The van der Waals surface area contributed by atoms with E-state index in [0.717, 1.165) is 5.56 Å². The molecule has 0 aromatic heterocycles. The predicted molar refractivity (Wildman–Crippen MR) is 98.7 cm³/mol. The summed E-state index contributed by atoms with van der Waals surface area (Å²) >= 11 is 12.0. The fourth-order valence-electron chi connectivity index (χ4n) is 1.96. The molecular formula is C17H17Cl2N3O3. The molecule has 0 aliphatic rings. The van der Waals surface area contributed by atoms with Gasteiger partial charge in [0.15, 0.2) is 11.5 Å². The SMILES string of the molecule is CCOc1cc(/C=N/NC(N)=O)ccc1OCc1ccc(Cl)cc1Cl. The minimum absolute atomic E-state index is 0.271. The van der Waals surface area contributed by atoms with Crippen LogP contribution in [0.4, 0.5) is 4.79 Å². The number of benzene rings is 2. The standard InChI is InChI=1S/C17H17Cl2N3O3/c1-2-24-16-7-11(9-21-22-17(20)23)3-6-15(16)25-10-12-4-5-13(18)8-14(12)19/h3-9H,2,10H2,1H3,(H3,20,22,23)/b21-9+. The van der Waals surface area contributed by atoms with Crippen molar-refractivity contribution in [3.05, 3.63) is 57.6 Å². The number of amides is 2. The number of primary amides is 1. The number of hydrogen-bond donors (Lipinski definition) is 2. The van der Waals surface area contributed by atoms with E-state index in [4.69, 9.17) is 38.4 Å². The molecule has 0 unspecified atom stereocenters. The van der Waals surface area contributed by atoms with E-state index >= 15 is 0 Å². The van der Waals surface area contributed by atoms with Crippen LogP contribution < -0.4 is 20.6 Å². The Balaban J connectivity index is 2.13. The molecule has 0 saturated carbocycles. The average molecular weight is 382 g/mol. The summed E-state index contributed by atoms with van der Waals surface area (Å²) in [7, 11) is 0. The van der Waals surface area contributed by atoms with E-state index in [2.05, 4.69) is 10.5 Å². The van der Waals surface area contributed by atoms with Crippen LogP contribution in [0.25, 0.3) is 0 Å². The van der Waals surface area contributed by atoms with Gasteiger partial charge in [0, 0.05) is 15.6 Å². The zero-order chi connectivity index (χ0) is 18.2. The van der Waals surface area contributed by atoms with Crippen molar-refractivity contribution in [2.24, 2.45) is 10.8 Å². The van der Waals surface area contributed by atoms with E-state index in [0.29, 0.717) is 33.7 Å². The summed E-state index contributed by atoms with van der Waals surface area (Å²) in [6, 6.07) is 9.75. The summed E-state index contributed by atoms with van der Waals surface area (Å²) in [5.74, 6) is 1.11. The second kappa shape index (κ2) is 9.15. The van der Waals surface area contributed by atoms with Gasteiger partial charge < -0.3 is 15.2 Å². The molecule has 8 heteroatoms. The van der Waals surface area contributed by atoms with Crippen LogP contribution in [0.15, 0.2) is 41.5 Å². The van der Waals surface area contributed by atoms with Crippen molar-refractivity contribution < 1.29 is 14.3 Å². The molecule has 2 amide bonds. The highest BCUT2D eigenvalue weighted by Crippen LogP contribution is 2.30. The Morgan fingerprint density at radius 1 is 1.20 bits per heavy atom. The smallest absolute Gasteiger partial charge is 0.332 e. The zero-order valence-electron chi connectivity index (χ0n) is 13.5. The van der Waals surface area contributed by atoms with Gasteiger partial charge >= 0.3 is 6.03 Å². The van der Waals surface area contributed by atoms with Crippen molar-refractivity contribution in [2.75, 3.05) is 6.61 Å². The van der Waals surface area contributed by atoms with Gasteiger partial charge in [-0.05, 0) is 42.8 Å². The van der Waals surface area contributed by atoms with E-state index in [1.165, 1.54) is 6.21 Å². The normalized spacial score (nSPS) is 10.7. The van der Waals surface area contributed by atoms with Crippen LogP contribution in [0.1, 0.15) is 18.1 Å². The molecule has 0 radical (unpaired) electrons. The van der Waals surface area contributed by atoms with Crippen molar-refractivity contribution >= 4 is 35.4 Å². The number of hydrogen-bond acceptors (Lipinski definition) is 4. The topological polar surface area (TPSA) is 85.9 Å². The number of nitrogens with two attached hydrogens (primary N) is 1. The van der Waals surface area contributed by atoms with Gasteiger partial charge in [0.2, 0.25) is 0 Å². The molecule has 25 heavy (non-hydrogen) atoms.